The molecule has 3 aromatic rings. The lowest BCUT2D eigenvalue weighted by atomic mass is 10.0. The summed E-state index contributed by atoms with van der Waals surface area (Å²) in [5, 5.41) is 0. The van der Waals surface area contributed by atoms with E-state index in [0.29, 0.717) is 26.2 Å². The highest BCUT2D eigenvalue weighted by Gasteiger charge is 2.26. The van der Waals surface area contributed by atoms with E-state index in [1.807, 2.05) is 66.9 Å². The molecule has 1 aliphatic heterocycles. The predicted octanol–water partition coefficient (Wildman–Crippen LogP) is 3.52. The number of morpholine rings is 1. The first kappa shape index (κ1) is 29.6. The van der Waals surface area contributed by atoms with E-state index in [4.69, 9.17) is 19.4 Å². The standard InChI is InChI=1S/C29H37N5O5S/c1-23(2)34(15-9-10-18-39-22-27(35)32-40(36,37)33-16-19-38-20-17-33)26-21-30-28(24-11-5-3-6-12-24)29(31-26)25-13-7-4-8-14-25/h3-8,11-14,21,23H,9-10,15-20,22H2,1-2H3,(H,32,35). The van der Waals surface area contributed by atoms with Crippen molar-refractivity contribution in [2.24, 2.45) is 0 Å². The summed E-state index contributed by atoms with van der Waals surface area (Å²) in [7, 11) is -3.87. The molecule has 1 aromatic heterocycles. The summed E-state index contributed by atoms with van der Waals surface area (Å²) < 4.78 is 38.4. The van der Waals surface area contributed by atoms with Crippen molar-refractivity contribution in [3.63, 3.8) is 0 Å². The Morgan fingerprint density at radius 2 is 1.62 bits per heavy atom. The van der Waals surface area contributed by atoms with Crippen molar-refractivity contribution >= 4 is 21.9 Å². The van der Waals surface area contributed by atoms with Gasteiger partial charge >= 0.3 is 10.2 Å². The van der Waals surface area contributed by atoms with Gasteiger partial charge in [-0.1, -0.05) is 60.7 Å². The Kier molecular flexibility index (Phi) is 10.6. The second-order valence-electron chi connectivity index (χ2n) is 9.75. The average molecular weight is 568 g/mol. The lowest BCUT2D eigenvalue weighted by Gasteiger charge is -2.28. The van der Waals surface area contributed by atoms with Crippen molar-refractivity contribution < 1.29 is 22.7 Å². The number of hydrogen-bond donors (Lipinski definition) is 1. The van der Waals surface area contributed by atoms with Crippen LogP contribution >= 0.6 is 0 Å². The fourth-order valence-electron chi connectivity index (χ4n) is 4.44. The molecule has 0 radical (unpaired) electrons. The van der Waals surface area contributed by atoms with Crippen LogP contribution in [0.2, 0.25) is 0 Å². The van der Waals surface area contributed by atoms with Gasteiger partial charge in [0.1, 0.15) is 12.4 Å². The number of ether oxygens (including phenoxy) is 2. The summed E-state index contributed by atoms with van der Waals surface area (Å²) in [6.07, 6.45) is 3.33. The Hall–Kier alpha value is -3.38. The number of nitrogens with zero attached hydrogens (tertiary/aromatic N) is 4. The second-order valence-corrected chi connectivity index (χ2v) is 11.4. The van der Waals surface area contributed by atoms with Gasteiger partial charge < -0.3 is 14.4 Å². The maximum atomic E-state index is 12.3. The molecule has 11 heteroatoms. The Morgan fingerprint density at radius 3 is 2.25 bits per heavy atom. The fraction of sp³-hybridized carbons (Fsp3) is 0.414. The van der Waals surface area contributed by atoms with Gasteiger partial charge in [0, 0.05) is 43.4 Å². The average Bonchev–Trinajstić information content (AvgIpc) is 2.97. The van der Waals surface area contributed by atoms with Crippen LogP contribution in [0.25, 0.3) is 22.5 Å². The number of carbonyl (C=O) groups excluding carboxylic acids is 1. The van der Waals surface area contributed by atoms with Gasteiger partial charge in [-0.05, 0) is 26.7 Å². The zero-order valence-electron chi connectivity index (χ0n) is 23.0. The van der Waals surface area contributed by atoms with Crippen LogP contribution in [0.1, 0.15) is 26.7 Å². The van der Waals surface area contributed by atoms with Gasteiger partial charge in [-0.3, -0.25) is 9.78 Å². The zero-order valence-corrected chi connectivity index (χ0v) is 23.8. The molecule has 0 bridgehead atoms. The molecular weight excluding hydrogens is 530 g/mol. The van der Waals surface area contributed by atoms with Gasteiger partial charge in [0.25, 0.3) is 5.91 Å². The summed E-state index contributed by atoms with van der Waals surface area (Å²) in [4.78, 5) is 24.2. The Balaban J connectivity index is 1.32. The van der Waals surface area contributed by atoms with Crippen LogP contribution in [-0.4, -0.2) is 80.7 Å². The predicted molar refractivity (Wildman–Crippen MR) is 155 cm³/mol. The normalized spacial score (nSPS) is 14.3. The molecule has 1 N–H and O–H groups in total. The van der Waals surface area contributed by atoms with Crippen molar-refractivity contribution in [2.45, 2.75) is 32.7 Å². The van der Waals surface area contributed by atoms with E-state index in [-0.39, 0.29) is 25.7 Å². The first-order valence-electron chi connectivity index (χ1n) is 13.6. The van der Waals surface area contributed by atoms with E-state index in [2.05, 4.69) is 23.5 Å². The first-order chi connectivity index (χ1) is 19.3. The third kappa shape index (κ3) is 8.07. The van der Waals surface area contributed by atoms with E-state index in [1.54, 1.807) is 0 Å². The van der Waals surface area contributed by atoms with Crippen LogP contribution in [0.4, 0.5) is 5.82 Å². The number of benzene rings is 2. The molecule has 4 rings (SSSR count). The molecular formula is C29H37N5O5S. The summed E-state index contributed by atoms with van der Waals surface area (Å²) >= 11 is 0. The Morgan fingerprint density at radius 1 is 1.00 bits per heavy atom. The van der Waals surface area contributed by atoms with Gasteiger partial charge in [0.15, 0.2) is 0 Å². The number of unbranched alkanes of at least 4 members (excludes halogenated alkanes) is 1. The molecule has 1 saturated heterocycles. The Labute approximate surface area is 236 Å². The molecule has 0 atom stereocenters. The van der Waals surface area contributed by atoms with Crippen molar-refractivity contribution in [2.75, 3.05) is 51.0 Å². The minimum atomic E-state index is -3.87. The van der Waals surface area contributed by atoms with Gasteiger partial charge in [-0.15, -0.1) is 0 Å². The van der Waals surface area contributed by atoms with Crippen molar-refractivity contribution in [3.8, 4) is 22.5 Å². The maximum absolute atomic E-state index is 12.3. The van der Waals surface area contributed by atoms with Gasteiger partial charge in [-0.25, -0.2) is 9.71 Å². The maximum Gasteiger partial charge on any atom is 0.304 e. The van der Waals surface area contributed by atoms with E-state index in [9.17, 15) is 13.2 Å². The number of nitrogens with one attached hydrogen (secondary N) is 1. The summed E-state index contributed by atoms with van der Waals surface area (Å²) in [6, 6.07) is 20.3. The van der Waals surface area contributed by atoms with Crippen LogP contribution in [-0.2, 0) is 24.5 Å². The highest BCUT2D eigenvalue weighted by atomic mass is 32.2. The van der Waals surface area contributed by atoms with E-state index in [0.717, 1.165) is 41.3 Å². The molecule has 2 heterocycles. The van der Waals surface area contributed by atoms with Gasteiger partial charge in [0.2, 0.25) is 0 Å². The zero-order chi connectivity index (χ0) is 28.4. The van der Waals surface area contributed by atoms with Crippen LogP contribution in [0, 0.1) is 0 Å². The lowest BCUT2D eigenvalue weighted by Crippen LogP contribution is -2.49. The quantitative estimate of drug-likeness (QED) is 0.312. The topological polar surface area (TPSA) is 114 Å². The van der Waals surface area contributed by atoms with Crippen LogP contribution in [0.5, 0.6) is 0 Å². The lowest BCUT2D eigenvalue weighted by molar-refractivity contribution is -0.124. The molecule has 0 saturated carbocycles. The largest absolute Gasteiger partial charge is 0.379 e. The van der Waals surface area contributed by atoms with Crippen LogP contribution in [0.15, 0.2) is 66.9 Å². The molecule has 40 heavy (non-hydrogen) atoms. The number of carbonyl (C=O) groups is 1. The third-order valence-corrected chi connectivity index (χ3v) is 8.03. The fourth-order valence-corrected chi connectivity index (χ4v) is 5.54. The van der Waals surface area contributed by atoms with Gasteiger partial charge in [0.05, 0.1) is 30.8 Å². The second kappa shape index (κ2) is 14.3. The SMILES string of the molecule is CC(C)N(CCCCOCC(=O)NS(=O)(=O)N1CCOCC1)c1cnc(-c2ccccc2)c(-c2ccccc2)n1. The molecule has 2 aromatic carbocycles. The smallest absolute Gasteiger partial charge is 0.304 e. The molecule has 214 valence electrons. The van der Waals surface area contributed by atoms with E-state index >= 15 is 0 Å². The van der Waals surface area contributed by atoms with Gasteiger partial charge in [-0.2, -0.15) is 12.7 Å². The monoisotopic (exact) mass is 567 g/mol. The molecule has 1 amide bonds. The number of rotatable bonds is 13. The highest BCUT2D eigenvalue weighted by Crippen LogP contribution is 2.31. The minimum absolute atomic E-state index is 0.192. The molecule has 0 aliphatic carbocycles. The van der Waals surface area contributed by atoms with Crippen molar-refractivity contribution in [1.29, 1.82) is 0 Å². The molecule has 0 unspecified atom stereocenters. The van der Waals surface area contributed by atoms with E-state index < -0.39 is 16.1 Å². The highest BCUT2D eigenvalue weighted by molar-refractivity contribution is 7.87. The van der Waals surface area contributed by atoms with Crippen molar-refractivity contribution in [3.05, 3.63) is 66.9 Å². The summed E-state index contributed by atoms with van der Waals surface area (Å²) in [5.41, 5.74) is 3.68. The number of anilines is 1. The minimum Gasteiger partial charge on any atom is -0.379 e. The molecule has 1 fully saturated rings. The number of amides is 1. The van der Waals surface area contributed by atoms with E-state index in [1.165, 1.54) is 4.31 Å². The third-order valence-electron chi connectivity index (χ3n) is 6.50. The molecule has 1 aliphatic rings. The Bertz CT molecular complexity index is 1330. The molecule has 10 nitrogen and oxygen atoms in total. The van der Waals surface area contributed by atoms with Crippen LogP contribution in [0.3, 0.4) is 0 Å². The number of aromatic nitrogens is 2. The summed E-state index contributed by atoms with van der Waals surface area (Å²) in [6.45, 7) is 6.06. The number of hydrogen-bond acceptors (Lipinski definition) is 8. The molecule has 0 spiro atoms. The first-order valence-corrected chi connectivity index (χ1v) is 15.0. The summed E-state index contributed by atoms with van der Waals surface area (Å²) in [5.74, 6) is 0.111. The van der Waals surface area contributed by atoms with Crippen molar-refractivity contribution in [1.82, 2.24) is 19.0 Å². The van der Waals surface area contributed by atoms with Crippen LogP contribution < -0.4 is 9.62 Å².